The number of hydrogen-bond donors (Lipinski definition) is 2. The smallest absolute Gasteiger partial charge is 0.136 e. The van der Waals surface area contributed by atoms with Crippen molar-refractivity contribution in [1.29, 1.82) is 0 Å². The zero-order valence-corrected chi connectivity index (χ0v) is 12.8. The fourth-order valence-electron chi connectivity index (χ4n) is 1.92. The van der Waals surface area contributed by atoms with Gasteiger partial charge in [-0.2, -0.15) is 0 Å². The standard InChI is InChI=1S/C15H26N4O/c1-11(2)10-20-8-4-7-17-14-9-13(16-3)18-15(19-14)12-5-6-12/h9,11-12H,4-8,10H2,1-3H3,(H2,16,17,18,19). The predicted octanol–water partition coefficient (Wildman–Crippen LogP) is 2.87. The molecule has 0 bridgehead atoms. The molecular formula is C15H26N4O. The summed E-state index contributed by atoms with van der Waals surface area (Å²) in [6.45, 7) is 6.84. The highest BCUT2D eigenvalue weighted by molar-refractivity contribution is 5.47. The maximum Gasteiger partial charge on any atom is 0.136 e. The molecule has 0 amide bonds. The highest BCUT2D eigenvalue weighted by Gasteiger charge is 2.27. The van der Waals surface area contributed by atoms with E-state index in [1.54, 1.807) is 0 Å². The van der Waals surface area contributed by atoms with Crippen LogP contribution in [0.2, 0.25) is 0 Å². The topological polar surface area (TPSA) is 59.1 Å². The number of rotatable bonds is 9. The van der Waals surface area contributed by atoms with Gasteiger partial charge >= 0.3 is 0 Å². The number of ether oxygens (including phenoxy) is 1. The number of anilines is 2. The second kappa shape index (κ2) is 7.43. The summed E-state index contributed by atoms with van der Waals surface area (Å²) in [5, 5.41) is 6.46. The molecule has 0 spiro atoms. The number of nitrogens with one attached hydrogen (secondary N) is 2. The van der Waals surface area contributed by atoms with Crippen molar-refractivity contribution in [3.8, 4) is 0 Å². The van der Waals surface area contributed by atoms with Crippen LogP contribution in [-0.2, 0) is 4.74 Å². The van der Waals surface area contributed by atoms with Crippen molar-refractivity contribution < 1.29 is 4.74 Å². The Morgan fingerprint density at radius 1 is 1.30 bits per heavy atom. The Bertz CT molecular complexity index is 418. The zero-order chi connectivity index (χ0) is 14.4. The third-order valence-electron chi connectivity index (χ3n) is 3.16. The Kier molecular flexibility index (Phi) is 5.59. The Morgan fingerprint density at radius 2 is 2.05 bits per heavy atom. The average Bonchev–Trinajstić information content (AvgIpc) is 3.26. The number of hydrogen-bond acceptors (Lipinski definition) is 5. The van der Waals surface area contributed by atoms with E-state index in [2.05, 4.69) is 34.4 Å². The molecule has 0 radical (unpaired) electrons. The van der Waals surface area contributed by atoms with Crippen LogP contribution in [0.25, 0.3) is 0 Å². The molecule has 2 rings (SSSR count). The van der Waals surface area contributed by atoms with E-state index in [-0.39, 0.29) is 0 Å². The van der Waals surface area contributed by atoms with Crippen LogP contribution < -0.4 is 10.6 Å². The van der Waals surface area contributed by atoms with Gasteiger partial charge in [0.15, 0.2) is 0 Å². The lowest BCUT2D eigenvalue weighted by Crippen LogP contribution is -2.10. The monoisotopic (exact) mass is 278 g/mol. The molecule has 1 aromatic rings. The minimum Gasteiger partial charge on any atom is -0.381 e. The average molecular weight is 278 g/mol. The fraction of sp³-hybridized carbons (Fsp3) is 0.733. The molecule has 1 fully saturated rings. The maximum absolute atomic E-state index is 5.56. The minimum atomic E-state index is 0.568. The molecule has 1 aliphatic carbocycles. The third-order valence-corrected chi connectivity index (χ3v) is 3.16. The van der Waals surface area contributed by atoms with E-state index in [9.17, 15) is 0 Å². The van der Waals surface area contributed by atoms with Gasteiger partial charge in [0, 0.05) is 38.8 Å². The number of aromatic nitrogens is 2. The summed E-state index contributed by atoms with van der Waals surface area (Å²) in [7, 11) is 1.89. The lowest BCUT2D eigenvalue weighted by atomic mass is 10.2. The highest BCUT2D eigenvalue weighted by Crippen LogP contribution is 2.38. The van der Waals surface area contributed by atoms with Gasteiger partial charge in [0.2, 0.25) is 0 Å². The van der Waals surface area contributed by atoms with Crippen LogP contribution in [0, 0.1) is 5.92 Å². The quantitative estimate of drug-likeness (QED) is 0.680. The molecule has 1 heterocycles. The van der Waals surface area contributed by atoms with E-state index in [1.807, 2.05) is 13.1 Å². The summed E-state index contributed by atoms with van der Waals surface area (Å²) in [5.74, 6) is 3.94. The molecular weight excluding hydrogens is 252 g/mol. The van der Waals surface area contributed by atoms with Gasteiger partial charge in [-0.3, -0.25) is 0 Å². The molecule has 112 valence electrons. The molecule has 20 heavy (non-hydrogen) atoms. The van der Waals surface area contributed by atoms with Gasteiger partial charge in [0.25, 0.3) is 0 Å². The van der Waals surface area contributed by atoms with Gasteiger partial charge in [-0.05, 0) is 25.2 Å². The van der Waals surface area contributed by atoms with E-state index < -0.39 is 0 Å². The largest absolute Gasteiger partial charge is 0.381 e. The predicted molar refractivity (Wildman–Crippen MR) is 82.3 cm³/mol. The molecule has 5 nitrogen and oxygen atoms in total. The maximum atomic E-state index is 5.56. The van der Waals surface area contributed by atoms with Crippen LogP contribution in [0.3, 0.4) is 0 Å². The van der Waals surface area contributed by atoms with Gasteiger partial charge in [-0.15, -0.1) is 0 Å². The molecule has 5 heteroatoms. The molecule has 0 aromatic carbocycles. The second-order valence-electron chi connectivity index (χ2n) is 5.77. The van der Waals surface area contributed by atoms with Crippen molar-refractivity contribution in [1.82, 2.24) is 9.97 Å². The van der Waals surface area contributed by atoms with Crippen molar-refractivity contribution in [3.05, 3.63) is 11.9 Å². The molecule has 0 saturated heterocycles. The summed E-state index contributed by atoms with van der Waals surface area (Å²) in [6.07, 6.45) is 3.43. The SMILES string of the molecule is CNc1cc(NCCCOCC(C)C)nc(C2CC2)n1. The van der Waals surface area contributed by atoms with Gasteiger partial charge in [-0.1, -0.05) is 13.8 Å². The van der Waals surface area contributed by atoms with Crippen LogP contribution in [0.5, 0.6) is 0 Å². The van der Waals surface area contributed by atoms with Gasteiger partial charge in [0.05, 0.1) is 0 Å². The van der Waals surface area contributed by atoms with Crippen molar-refractivity contribution in [2.24, 2.45) is 5.92 Å². The zero-order valence-electron chi connectivity index (χ0n) is 12.8. The molecule has 1 aromatic heterocycles. The first-order chi connectivity index (χ1) is 9.69. The Morgan fingerprint density at radius 3 is 2.70 bits per heavy atom. The Balaban J connectivity index is 1.75. The van der Waals surface area contributed by atoms with Crippen LogP contribution in [0.1, 0.15) is 44.9 Å². The van der Waals surface area contributed by atoms with Crippen LogP contribution in [0.4, 0.5) is 11.6 Å². The van der Waals surface area contributed by atoms with Crippen molar-refractivity contribution >= 4 is 11.6 Å². The first-order valence-electron chi connectivity index (χ1n) is 7.57. The van der Waals surface area contributed by atoms with Crippen molar-refractivity contribution in [3.63, 3.8) is 0 Å². The lowest BCUT2D eigenvalue weighted by molar-refractivity contribution is 0.110. The van der Waals surface area contributed by atoms with E-state index in [1.165, 1.54) is 12.8 Å². The lowest BCUT2D eigenvalue weighted by Gasteiger charge is -2.10. The minimum absolute atomic E-state index is 0.568. The van der Waals surface area contributed by atoms with E-state index in [0.29, 0.717) is 11.8 Å². The first kappa shape index (κ1) is 15.0. The van der Waals surface area contributed by atoms with E-state index >= 15 is 0 Å². The second-order valence-corrected chi connectivity index (χ2v) is 5.77. The third kappa shape index (κ3) is 4.96. The number of nitrogens with zero attached hydrogens (tertiary/aromatic N) is 2. The molecule has 0 unspecified atom stereocenters. The van der Waals surface area contributed by atoms with Crippen molar-refractivity contribution in [2.75, 3.05) is 37.4 Å². The van der Waals surface area contributed by atoms with Gasteiger partial charge in [0.1, 0.15) is 17.5 Å². The van der Waals surface area contributed by atoms with Crippen LogP contribution in [-0.4, -0.2) is 36.8 Å². The summed E-state index contributed by atoms with van der Waals surface area (Å²) in [6, 6.07) is 1.96. The van der Waals surface area contributed by atoms with Gasteiger partial charge < -0.3 is 15.4 Å². The molecule has 1 saturated carbocycles. The van der Waals surface area contributed by atoms with Gasteiger partial charge in [-0.25, -0.2) is 9.97 Å². The Labute approximate surface area is 121 Å². The summed E-state index contributed by atoms with van der Waals surface area (Å²) in [4.78, 5) is 9.09. The van der Waals surface area contributed by atoms with Crippen LogP contribution >= 0.6 is 0 Å². The fourth-order valence-corrected chi connectivity index (χ4v) is 1.92. The van der Waals surface area contributed by atoms with E-state index in [4.69, 9.17) is 4.74 Å². The van der Waals surface area contributed by atoms with Crippen LogP contribution in [0.15, 0.2) is 6.07 Å². The highest BCUT2D eigenvalue weighted by atomic mass is 16.5. The molecule has 0 atom stereocenters. The first-order valence-corrected chi connectivity index (χ1v) is 7.57. The van der Waals surface area contributed by atoms with Crippen molar-refractivity contribution in [2.45, 2.75) is 39.0 Å². The molecule has 0 aliphatic heterocycles. The molecule has 1 aliphatic rings. The molecule has 2 N–H and O–H groups in total. The summed E-state index contributed by atoms with van der Waals surface area (Å²) >= 11 is 0. The summed E-state index contributed by atoms with van der Waals surface area (Å²) in [5.41, 5.74) is 0. The summed E-state index contributed by atoms with van der Waals surface area (Å²) < 4.78 is 5.56. The Hall–Kier alpha value is -1.36. The normalized spacial score (nSPS) is 14.6. The van der Waals surface area contributed by atoms with E-state index in [0.717, 1.165) is 43.6 Å².